The number of aromatic nitrogens is 4. The third kappa shape index (κ3) is 3.85. The van der Waals surface area contributed by atoms with Gasteiger partial charge < -0.3 is 9.55 Å². The summed E-state index contributed by atoms with van der Waals surface area (Å²) in [6.07, 6.45) is 5.15. The number of hydrogen-bond acceptors (Lipinski definition) is 4. The molecular formula is C21H22N4OS. The highest BCUT2D eigenvalue weighted by Crippen LogP contribution is 2.23. The first-order chi connectivity index (χ1) is 13.1. The number of nitrogens with zero attached hydrogens (tertiary/aromatic N) is 3. The Balaban J connectivity index is 1.61. The summed E-state index contributed by atoms with van der Waals surface area (Å²) < 4.78 is 2.10. The average Bonchev–Trinajstić information content (AvgIpc) is 3.23. The predicted octanol–water partition coefficient (Wildman–Crippen LogP) is 4.02. The van der Waals surface area contributed by atoms with Crippen molar-refractivity contribution in [1.82, 2.24) is 19.5 Å². The van der Waals surface area contributed by atoms with Crippen molar-refractivity contribution in [3.05, 3.63) is 81.2 Å². The molecule has 0 fully saturated rings. The summed E-state index contributed by atoms with van der Waals surface area (Å²) in [7, 11) is 0. The van der Waals surface area contributed by atoms with Crippen LogP contribution >= 0.6 is 11.3 Å². The Hall–Kier alpha value is -2.73. The Kier molecular flexibility index (Phi) is 4.90. The summed E-state index contributed by atoms with van der Waals surface area (Å²) in [4.78, 5) is 25.6. The molecule has 1 N–H and O–H groups in total. The molecule has 4 aromatic rings. The summed E-state index contributed by atoms with van der Waals surface area (Å²) in [6.45, 7) is 5.07. The molecule has 0 atom stereocenters. The summed E-state index contributed by atoms with van der Waals surface area (Å²) in [5.41, 5.74) is 2.26. The van der Waals surface area contributed by atoms with Crippen molar-refractivity contribution in [3.8, 4) is 0 Å². The van der Waals surface area contributed by atoms with Crippen molar-refractivity contribution in [2.75, 3.05) is 0 Å². The van der Waals surface area contributed by atoms with Crippen molar-refractivity contribution in [1.29, 1.82) is 0 Å². The predicted molar refractivity (Wildman–Crippen MR) is 109 cm³/mol. The van der Waals surface area contributed by atoms with Gasteiger partial charge in [-0.3, -0.25) is 4.79 Å². The molecule has 138 valence electrons. The van der Waals surface area contributed by atoms with Gasteiger partial charge in [-0.1, -0.05) is 44.2 Å². The van der Waals surface area contributed by atoms with Gasteiger partial charge >= 0.3 is 0 Å². The number of hydrogen-bond donors (Lipinski definition) is 1. The number of nitrogens with one attached hydrogen (secondary N) is 1. The molecule has 6 heteroatoms. The average molecular weight is 379 g/mol. The first kappa shape index (κ1) is 17.7. The summed E-state index contributed by atoms with van der Waals surface area (Å²) in [5.74, 6) is 2.05. The molecule has 0 unspecified atom stereocenters. The van der Waals surface area contributed by atoms with E-state index in [-0.39, 0.29) is 5.56 Å². The van der Waals surface area contributed by atoms with Crippen LogP contribution in [-0.2, 0) is 19.4 Å². The van der Waals surface area contributed by atoms with E-state index in [9.17, 15) is 4.79 Å². The SMILES string of the molecule is CC(C)Cc1csc2nc(Cc3nccn3Cc3ccccc3)[nH]c(=O)c12. The van der Waals surface area contributed by atoms with Gasteiger partial charge in [0.1, 0.15) is 16.5 Å². The summed E-state index contributed by atoms with van der Waals surface area (Å²) >= 11 is 1.55. The summed E-state index contributed by atoms with van der Waals surface area (Å²) in [5, 5.41) is 2.80. The first-order valence-corrected chi connectivity index (χ1v) is 10.0. The lowest BCUT2D eigenvalue weighted by Crippen LogP contribution is -2.14. The van der Waals surface area contributed by atoms with Gasteiger partial charge in [0.15, 0.2) is 0 Å². The molecule has 1 aromatic carbocycles. The lowest BCUT2D eigenvalue weighted by Gasteiger charge is -2.08. The monoisotopic (exact) mass is 378 g/mol. The van der Waals surface area contributed by atoms with Crippen LogP contribution in [0.1, 0.15) is 36.6 Å². The van der Waals surface area contributed by atoms with Crippen LogP contribution in [0.25, 0.3) is 10.2 Å². The molecule has 5 nitrogen and oxygen atoms in total. The lowest BCUT2D eigenvalue weighted by atomic mass is 10.0. The number of benzene rings is 1. The molecular weight excluding hydrogens is 356 g/mol. The van der Waals surface area contributed by atoms with Crippen molar-refractivity contribution < 1.29 is 0 Å². The molecule has 3 aromatic heterocycles. The second-order valence-corrected chi connectivity index (χ2v) is 8.04. The maximum Gasteiger partial charge on any atom is 0.259 e. The minimum Gasteiger partial charge on any atom is -0.330 e. The van der Waals surface area contributed by atoms with Crippen LogP contribution in [0, 0.1) is 5.92 Å². The zero-order valence-corrected chi connectivity index (χ0v) is 16.3. The van der Waals surface area contributed by atoms with Crippen LogP contribution in [0.4, 0.5) is 0 Å². The molecule has 4 rings (SSSR count). The second kappa shape index (κ2) is 7.48. The van der Waals surface area contributed by atoms with Crippen molar-refractivity contribution in [2.24, 2.45) is 5.92 Å². The molecule has 27 heavy (non-hydrogen) atoms. The minimum atomic E-state index is -0.0481. The van der Waals surface area contributed by atoms with E-state index in [1.807, 2.05) is 24.4 Å². The van der Waals surface area contributed by atoms with Crippen molar-refractivity contribution in [3.63, 3.8) is 0 Å². The Morgan fingerprint density at radius 1 is 1.22 bits per heavy atom. The maximum absolute atomic E-state index is 12.7. The highest BCUT2D eigenvalue weighted by molar-refractivity contribution is 7.16. The van der Waals surface area contributed by atoms with Gasteiger partial charge in [-0.25, -0.2) is 9.97 Å². The molecule has 0 saturated heterocycles. The number of aromatic amines is 1. The summed E-state index contributed by atoms with van der Waals surface area (Å²) in [6, 6.07) is 10.3. The van der Waals surface area contributed by atoms with E-state index in [1.165, 1.54) is 5.56 Å². The lowest BCUT2D eigenvalue weighted by molar-refractivity contribution is 0.651. The molecule has 0 bridgehead atoms. The highest BCUT2D eigenvalue weighted by atomic mass is 32.1. The Labute approximate surface area is 161 Å². The molecule has 0 aliphatic carbocycles. The quantitative estimate of drug-likeness (QED) is 0.551. The van der Waals surface area contributed by atoms with E-state index in [4.69, 9.17) is 4.98 Å². The smallest absolute Gasteiger partial charge is 0.259 e. The molecule has 0 saturated carbocycles. The zero-order chi connectivity index (χ0) is 18.8. The molecule has 0 aliphatic rings. The largest absolute Gasteiger partial charge is 0.330 e. The van der Waals surface area contributed by atoms with E-state index in [2.05, 4.69) is 45.9 Å². The van der Waals surface area contributed by atoms with Gasteiger partial charge in [-0.05, 0) is 28.8 Å². The minimum absolute atomic E-state index is 0.0481. The number of fused-ring (bicyclic) bond motifs is 1. The molecule has 0 radical (unpaired) electrons. The fourth-order valence-electron chi connectivity index (χ4n) is 3.31. The number of rotatable bonds is 6. The number of H-pyrrole nitrogens is 1. The fraction of sp³-hybridized carbons (Fsp3) is 0.286. The zero-order valence-electron chi connectivity index (χ0n) is 15.5. The van der Waals surface area contributed by atoms with E-state index in [0.717, 1.165) is 34.6 Å². The van der Waals surface area contributed by atoms with Crippen LogP contribution < -0.4 is 5.56 Å². The van der Waals surface area contributed by atoms with E-state index < -0.39 is 0 Å². The molecule has 0 aliphatic heterocycles. The number of thiophene rings is 1. The van der Waals surface area contributed by atoms with Gasteiger partial charge in [-0.15, -0.1) is 11.3 Å². The Bertz CT molecular complexity index is 1110. The van der Waals surface area contributed by atoms with Gasteiger partial charge in [0.05, 0.1) is 11.8 Å². The van der Waals surface area contributed by atoms with Crippen LogP contribution in [0.2, 0.25) is 0 Å². The third-order valence-electron chi connectivity index (χ3n) is 4.52. The van der Waals surface area contributed by atoms with Gasteiger partial charge in [-0.2, -0.15) is 0 Å². The topological polar surface area (TPSA) is 63.6 Å². The molecule has 0 spiro atoms. The van der Waals surface area contributed by atoms with Crippen LogP contribution in [-0.4, -0.2) is 19.5 Å². The van der Waals surface area contributed by atoms with E-state index in [1.54, 1.807) is 17.5 Å². The highest BCUT2D eigenvalue weighted by Gasteiger charge is 2.14. The Morgan fingerprint density at radius 2 is 2.04 bits per heavy atom. The number of imidazole rings is 1. The standard InChI is InChI=1S/C21H22N4OS/c1-14(2)10-16-13-27-21-19(16)20(26)23-17(24-21)11-18-22-8-9-25(18)12-15-6-4-3-5-7-15/h3-9,13-14H,10-12H2,1-2H3,(H,23,24,26). The fourth-order valence-corrected chi connectivity index (χ4v) is 4.28. The van der Waals surface area contributed by atoms with Gasteiger partial charge in [0.2, 0.25) is 0 Å². The van der Waals surface area contributed by atoms with Gasteiger partial charge in [0, 0.05) is 18.9 Å². The molecule has 3 heterocycles. The van der Waals surface area contributed by atoms with Crippen LogP contribution in [0.15, 0.2) is 52.9 Å². The normalized spacial score (nSPS) is 11.5. The van der Waals surface area contributed by atoms with E-state index >= 15 is 0 Å². The third-order valence-corrected chi connectivity index (χ3v) is 5.44. The van der Waals surface area contributed by atoms with Crippen molar-refractivity contribution >= 4 is 21.6 Å². The van der Waals surface area contributed by atoms with Crippen LogP contribution in [0.5, 0.6) is 0 Å². The van der Waals surface area contributed by atoms with Crippen LogP contribution in [0.3, 0.4) is 0 Å². The Morgan fingerprint density at radius 3 is 2.81 bits per heavy atom. The molecule has 0 amide bonds. The first-order valence-electron chi connectivity index (χ1n) is 9.13. The van der Waals surface area contributed by atoms with E-state index in [0.29, 0.717) is 18.2 Å². The van der Waals surface area contributed by atoms with Crippen molar-refractivity contribution in [2.45, 2.75) is 33.2 Å². The van der Waals surface area contributed by atoms with Gasteiger partial charge in [0.25, 0.3) is 5.56 Å². The maximum atomic E-state index is 12.7. The second-order valence-electron chi connectivity index (χ2n) is 7.19.